The minimum atomic E-state index is 0.427. The maximum atomic E-state index is 5.55. The van der Waals surface area contributed by atoms with Crippen LogP contribution in [0.5, 0.6) is 0 Å². The zero-order valence-electron chi connectivity index (χ0n) is 10.6. The van der Waals surface area contributed by atoms with Crippen LogP contribution in [0.25, 0.3) is 0 Å². The first-order valence-corrected chi connectivity index (χ1v) is 6.57. The molecule has 3 heteroatoms. The van der Waals surface area contributed by atoms with Gasteiger partial charge < -0.3 is 9.72 Å². The van der Waals surface area contributed by atoms with Crippen LogP contribution in [0.4, 0.5) is 0 Å². The van der Waals surface area contributed by atoms with Crippen molar-refractivity contribution in [1.29, 1.82) is 0 Å². The maximum Gasteiger partial charge on any atom is 0.113 e. The van der Waals surface area contributed by atoms with Gasteiger partial charge in [-0.2, -0.15) is 0 Å². The molecule has 0 saturated carbocycles. The van der Waals surface area contributed by atoms with Crippen molar-refractivity contribution in [3.8, 4) is 0 Å². The Balaban J connectivity index is 1.92. The van der Waals surface area contributed by atoms with Crippen molar-refractivity contribution in [3.63, 3.8) is 0 Å². The third-order valence-corrected chi connectivity index (χ3v) is 3.68. The lowest BCUT2D eigenvalue weighted by Gasteiger charge is -2.11. The Labute approximate surface area is 107 Å². The highest BCUT2D eigenvalue weighted by Gasteiger charge is 2.27. The van der Waals surface area contributed by atoms with Crippen LogP contribution in [-0.2, 0) is 17.8 Å². The first-order chi connectivity index (χ1) is 8.90. The van der Waals surface area contributed by atoms with Crippen molar-refractivity contribution < 1.29 is 4.74 Å². The lowest BCUT2D eigenvalue weighted by Crippen LogP contribution is -2.00. The largest absolute Gasteiger partial charge is 0.377 e. The smallest absolute Gasteiger partial charge is 0.113 e. The van der Waals surface area contributed by atoms with Crippen molar-refractivity contribution in [2.24, 2.45) is 0 Å². The van der Waals surface area contributed by atoms with Crippen LogP contribution >= 0.6 is 0 Å². The van der Waals surface area contributed by atoms with Crippen LogP contribution < -0.4 is 0 Å². The van der Waals surface area contributed by atoms with Crippen LogP contribution in [0, 0.1) is 0 Å². The quantitative estimate of drug-likeness (QED) is 0.895. The van der Waals surface area contributed by atoms with E-state index in [1.54, 1.807) is 0 Å². The van der Waals surface area contributed by atoms with Crippen molar-refractivity contribution in [2.45, 2.75) is 32.3 Å². The molecule has 0 amide bonds. The van der Waals surface area contributed by atoms with Gasteiger partial charge in [0.05, 0.1) is 6.61 Å². The second kappa shape index (κ2) is 4.94. The molecule has 0 bridgehead atoms. The molecule has 1 unspecified atom stereocenters. The van der Waals surface area contributed by atoms with Crippen molar-refractivity contribution >= 4 is 0 Å². The van der Waals surface area contributed by atoms with Gasteiger partial charge in [-0.05, 0) is 36.5 Å². The number of benzene rings is 1. The normalized spacial score (nSPS) is 17.9. The summed E-state index contributed by atoms with van der Waals surface area (Å²) in [5, 5.41) is 0. The van der Waals surface area contributed by atoms with Crippen LogP contribution in [0.3, 0.4) is 0 Å². The van der Waals surface area contributed by atoms with Gasteiger partial charge in [0.2, 0.25) is 0 Å². The van der Waals surface area contributed by atoms with Gasteiger partial charge in [0, 0.05) is 24.9 Å². The van der Waals surface area contributed by atoms with Crippen molar-refractivity contribution in [2.75, 3.05) is 6.61 Å². The van der Waals surface area contributed by atoms with Gasteiger partial charge in [0.1, 0.15) is 5.82 Å². The zero-order valence-corrected chi connectivity index (χ0v) is 10.6. The monoisotopic (exact) mass is 242 g/mol. The highest BCUT2D eigenvalue weighted by atomic mass is 16.5. The average molecular weight is 242 g/mol. The Morgan fingerprint density at radius 1 is 1.44 bits per heavy atom. The molecule has 1 aromatic heterocycles. The van der Waals surface area contributed by atoms with Gasteiger partial charge in [0.15, 0.2) is 0 Å². The second-order valence-corrected chi connectivity index (χ2v) is 4.69. The summed E-state index contributed by atoms with van der Waals surface area (Å²) in [6, 6.07) is 6.54. The molecule has 0 spiro atoms. The topological polar surface area (TPSA) is 37.9 Å². The molecule has 1 atom stereocenters. The number of hydrogen-bond donors (Lipinski definition) is 1. The molecule has 1 aliphatic rings. The Morgan fingerprint density at radius 2 is 2.39 bits per heavy atom. The van der Waals surface area contributed by atoms with Crippen LogP contribution in [0.2, 0.25) is 0 Å². The number of rotatable bonds is 4. The van der Waals surface area contributed by atoms with Crippen molar-refractivity contribution in [3.05, 3.63) is 53.1 Å². The van der Waals surface area contributed by atoms with E-state index in [-0.39, 0.29) is 0 Å². The molecular weight excluding hydrogens is 224 g/mol. The molecule has 1 heterocycles. The number of aromatic nitrogens is 2. The number of H-pyrrole nitrogens is 1. The van der Waals surface area contributed by atoms with Gasteiger partial charge >= 0.3 is 0 Å². The third kappa shape index (κ3) is 1.95. The highest BCUT2D eigenvalue weighted by Crippen LogP contribution is 2.38. The minimum absolute atomic E-state index is 0.427. The molecule has 0 fully saturated rings. The SMILES string of the molecule is CCOCc1cccc2c1CCC2c1ncc[nH]1. The molecule has 1 aliphatic carbocycles. The number of ether oxygens (including phenoxy) is 1. The van der Waals surface area contributed by atoms with Gasteiger partial charge in [-0.25, -0.2) is 4.98 Å². The maximum absolute atomic E-state index is 5.55. The molecule has 2 aromatic rings. The van der Waals surface area contributed by atoms with E-state index in [4.69, 9.17) is 4.74 Å². The van der Waals surface area contributed by atoms with Gasteiger partial charge in [-0.3, -0.25) is 0 Å². The Morgan fingerprint density at radius 3 is 3.17 bits per heavy atom. The van der Waals surface area contributed by atoms with Crippen molar-refractivity contribution in [1.82, 2.24) is 9.97 Å². The summed E-state index contributed by atoms with van der Waals surface area (Å²) >= 11 is 0. The minimum Gasteiger partial charge on any atom is -0.377 e. The summed E-state index contributed by atoms with van der Waals surface area (Å²) in [4.78, 5) is 7.64. The summed E-state index contributed by atoms with van der Waals surface area (Å²) in [6.07, 6.45) is 6.00. The number of nitrogens with zero attached hydrogens (tertiary/aromatic N) is 1. The molecule has 1 aromatic carbocycles. The number of fused-ring (bicyclic) bond motifs is 1. The van der Waals surface area contributed by atoms with Crippen LogP contribution in [0.15, 0.2) is 30.6 Å². The van der Waals surface area contributed by atoms with Gasteiger partial charge in [0.25, 0.3) is 0 Å². The van der Waals surface area contributed by atoms with E-state index in [0.29, 0.717) is 5.92 Å². The summed E-state index contributed by atoms with van der Waals surface area (Å²) < 4.78 is 5.55. The number of nitrogens with one attached hydrogen (secondary N) is 1. The average Bonchev–Trinajstić information content (AvgIpc) is 3.04. The summed E-state index contributed by atoms with van der Waals surface area (Å²) in [7, 11) is 0. The summed E-state index contributed by atoms with van der Waals surface area (Å²) in [5.41, 5.74) is 4.22. The van der Waals surface area contributed by atoms with E-state index < -0.39 is 0 Å². The fourth-order valence-electron chi connectivity index (χ4n) is 2.83. The standard InChI is InChI=1S/C15H18N2O/c1-2-18-10-11-4-3-5-13-12(11)6-7-14(13)15-16-8-9-17-15/h3-5,8-9,14H,2,6-7,10H2,1H3,(H,16,17). The van der Waals surface area contributed by atoms with Gasteiger partial charge in [-0.15, -0.1) is 0 Å². The molecular formula is C15H18N2O. The molecule has 3 rings (SSSR count). The fraction of sp³-hybridized carbons (Fsp3) is 0.400. The van der Waals surface area contributed by atoms with E-state index in [1.807, 2.05) is 19.3 Å². The third-order valence-electron chi connectivity index (χ3n) is 3.68. The Kier molecular flexibility index (Phi) is 3.15. The number of aromatic amines is 1. The van der Waals surface area contributed by atoms with Crippen LogP contribution in [0.1, 0.15) is 41.8 Å². The first kappa shape index (κ1) is 11.5. The van der Waals surface area contributed by atoms with Crippen LogP contribution in [-0.4, -0.2) is 16.6 Å². The molecule has 94 valence electrons. The lowest BCUT2D eigenvalue weighted by atomic mass is 9.98. The zero-order chi connectivity index (χ0) is 12.4. The Hall–Kier alpha value is -1.61. The van der Waals surface area contributed by atoms with E-state index >= 15 is 0 Å². The fourth-order valence-corrected chi connectivity index (χ4v) is 2.83. The predicted molar refractivity (Wildman–Crippen MR) is 70.5 cm³/mol. The highest BCUT2D eigenvalue weighted by molar-refractivity contribution is 5.43. The predicted octanol–water partition coefficient (Wildman–Crippen LogP) is 3.02. The molecule has 1 N–H and O–H groups in total. The summed E-state index contributed by atoms with van der Waals surface area (Å²) in [6.45, 7) is 3.53. The van der Waals surface area contributed by atoms with Gasteiger partial charge in [-0.1, -0.05) is 18.2 Å². The number of hydrogen-bond acceptors (Lipinski definition) is 2. The number of imidazole rings is 1. The first-order valence-electron chi connectivity index (χ1n) is 6.57. The molecule has 0 aliphatic heterocycles. The summed E-state index contributed by atoms with van der Waals surface area (Å²) in [5.74, 6) is 1.51. The van der Waals surface area contributed by atoms with E-state index in [2.05, 4.69) is 28.2 Å². The molecule has 0 radical (unpaired) electrons. The molecule has 3 nitrogen and oxygen atoms in total. The molecule has 0 saturated heterocycles. The second-order valence-electron chi connectivity index (χ2n) is 4.69. The Bertz CT molecular complexity index is 519. The molecule has 18 heavy (non-hydrogen) atoms. The van der Waals surface area contributed by atoms with E-state index in [9.17, 15) is 0 Å². The van der Waals surface area contributed by atoms with E-state index in [0.717, 1.165) is 31.9 Å². The van der Waals surface area contributed by atoms with E-state index in [1.165, 1.54) is 16.7 Å². The lowest BCUT2D eigenvalue weighted by molar-refractivity contribution is 0.133.